The van der Waals surface area contributed by atoms with Gasteiger partial charge in [0.05, 0.1) is 36.0 Å². The lowest BCUT2D eigenvalue weighted by molar-refractivity contribution is -0.133. The number of phosphoric ester groups is 1. The lowest BCUT2D eigenvalue weighted by Crippen LogP contribution is -2.53. The van der Waals surface area contributed by atoms with Gasteiger partial charge in [0.2, 0.25) is 5.75 Å². The van der Waals surface area contributed by atoms with Crippen molar-refractivity contribution in [1.82, 2.24) is 15.0 Å². The number of fused-ring (bicyclic) bond motifs is 1. The van der Waals surface area contributed by atoms with E-state index in [2.05, 4.69) is 19.5 Å². The molecular weight excluding hydrogens is 550 g/mol. The summed E-state index contributed by atoms with van der Waals surface area (Å²) in [6.45, 7) is -8.91. The SMILES string of the molecule is [2H]c1c(Cc2nc(Cc3cc(OC)c(OC)c(OC)c3)ncc2F)nc2c(c1[2H])OC(C([2H])([2H])[2H])(C([2H])([2H])[2H])C(=O)N2COP(=O)(O)O. The summed E-state index contributed by atoms with van der Waals surface area (Å²) >= 11 is 0. The molecular formula is C25H28FN4O9P. The number of halogens is 1. The van der Waals surface area contributed by atoms with E-state index < -0.39 is 81.3 Å². The van der Waals surface area contributed by atoms with Crippen LogP contribution in [0.4, 0.5) is 10.2 Å². The van der Waals surface area contributed by atoms with Crippen molar-refractivity contribution in [1.29, 1.82) is 0 Å². The summed E-state index contributed by atoms with van der Waals surface area (Å²) in [5.41, 5.74) is -3.86. The van der Waals surface area contributed by atoms with Crippen LogP contribution in [0.15, 0.2) is 30.4 Å². The van der Waals surface area contributed by atoms with Crippen LogP contribution in [0.5, 0.6) is 23.0 Å². The highest BCUT2D eigenvalue weighted by Gasteiger charge is 2.42. The van der Waals surface area contributed by atoms with Gasteiger partial charge in [-0.05, 0) is 43.5 Å². The van der Waals surface area contributed by atoms with Gasteiger partial charge in [0.15, 0.2) is 34.5 Å². The number of carbonyl (C=O) groups is 1. The average molecular weight is 587 g/mol. The van der Waals surface area contributed by atoms with Gasteiger partial charge < -0.3 is 28.7 Å². The highest BCUT2D eigenvalue weighted by molar-refractivity contribution is 7.46. The Hall–Kier alpha value is -3.84. The number of anilines is 1. The van der Waals surface area contributed by atoms with Crippen molar-refractivity contribution >= 4 is 19.5 Å². The van der Waals surface area contributed by atoms with Crippen LogP contribution in [-0.2, 0) is 26.7 Å². The molecule has 4 rings (SSSR count). The van der Waals surface area contributed by atoms with Crippen LogP contribution in [0.25, 0.3) is 0 Å². The minimum absolute atomic E-state index is 0.0290. The number of ether oxygens (including phenoxy) is 4. The van der Waals surface area contributed by atoms with Crippen molar-refractivity contribution in [3.8, 4) is 23.0 Å². The van der Waals surface area contributed by atoms with Crippen molar-refractivity contribution in [3.05, 3.63) is 59.0 Å². The fourth-order valence-corrected chi connectivity index (χ4v) is 3.96. The molecule has 13 nitrogen and oxygen atoms in total. The third-order valence-electron chi connectivity index (χ3n) is 5.46. The van der Waals surface area contributed by atoms with Crippen LogP contribution in [-0.4, -0.2) is 64.3 Å². The van der Waals surface area contributed by atoms with E-state index in [1.165, 1.54) is 21.3 Å². The van der Waals surface area contributed by atoms with Crippen molar-refractivity contribution in [3.63, 3.8) is 0 Å². The first-order chi connectivity index (χ1) is 22.2. The van der Waals surface area contributed by atoms with Crippen molar-refractivity contribution in [2.24, 2.45) is 0 Å². The number of benzene rings is 1. The zero-order valence-corrected chi connectivity index (χ0v) is 22.1. The van der Waals surface area contributed by atoms with Gasteiger partial charge in [0.1, 0.15) is 12.6 Å². The Balaban J connectivity index is 1.81. The van der Waals surface area contributed by atoms with Crippen molar-refractivity contribution < 1.29 is 58.0 Å². The molecule has 3 aromatic rings. The summed E-state index contributed by atoms with van der Waals surface area (Å²) in [6, 6.07) is 1.50. The molecule has 40 heavy (non-hydrogen) atoms. The van der Waals surface area contributed by atoms with E-state index in [1.807, 2.05) is 0 Å². The first-order valence-corrected chi connectivity index (χ1v) is 12.7. The number of aromatic nitrogens is 3. The minimum Gasteiger partial charge on any atom is -0.493 e. The molecule has 0 fully saturated rings. The Bertz CT molecular complexity index is 1750. The number of pyridine rings is 1. The highest BCUT2D eigenvalue weighted by atomic mass is 31.2. The van der Waals surface area contributed by atoms with E-state index in [0.717, 1.165) is 6.20 Å². The molecule has 1 amide bonds. The van der Waals surface area contributed by atoms with E-state index in [9.17, 15) is 19.1 Å². The second-order valence-electron chi connectivity index (χ2n) is 8.19. The summed E-state index contributed by atoms with van der Waals surface area (Å²) < 4.78 is 116. The molecule has 3 heterocycles. The van der Waals surface area contributed by atoms with Crippen molar-refractivity contribution in [2.75, 3.05) is 33.0 Å². The lowest BCUT2D eigenvalue weighted by atomic mass is 10.1. The van der Waals surface area contributed by atoms with Crippen LogP contribution in [0.3, 0.4) is 0 Å². The van der Waals surface area contributed by atoms with Gasteiger partial charge in [0, 0.05) is 26.8 Å². The molecule has 0 spiro atoms. The monoisotopic (exact) mass is 586 g/mol. The molecule has 0 saturated heterocycles. The highest BCUT2D eigenvalue weighted by Crippen LogP contribution is 2.41. The second kappa shape index (κ2) is 11.3. The smallest absolute Gasteiger partial charge is 0.471 e. The molecule has 0 bridgehead atoms. The number of hydrogen-bond acceptors (Lipinski definition) is 10. The van der Waals surface area contributed by atoms with Gasteiger partial charge in [-0.1, -0.05) is 0 Å². The van der Waals surface area contributed by atoms with Crippen LogP contribution in [0.2, 0.25) is 0 Å². The normalized spacial score (nSPS) is 17.9. The van der Waals surface area contributed by atoms with Gasteiger partial charge >= 0.3 is 7.82 Å². The summed E-state index contributed by atoms with van der Waals surface area (Å²) in [4.78, 5) is 44.5. The van der Waals surface area contributed by atoms with E-state index in [4.69, 9.17) is 29.9 Å². The number of hydrogen-bond donors (Lipinski definition) is 2. The molecule has 15 heteroatoms. The molecule has 1 aliphatic heterocycles. The zero-order chi connectivity index (χ0) is 36.0. The fraction of sp³-hybridized carbons (Fsp3) is 0.360. The van der Waals surface area contributed by atoms with Crippen LogP contribution in [0, 0.1) is 5.82 Å². The quantitative estimate of drug-likeness (QED) is 0.335. The second-order valence-corrected chi connectivity index (χ2v) is 9.43. The van der Waals surface area contributed by atoms with Crippen LogP contribution in [0.1, 0.15) is 47.4 Å². The topological polar surface area (TPSA) is 163 Å². The third-order valence-corrected chi connectivity index (χ3v) is 5.92. The van der Waals surface area contributed by atoms with E-state index >= 15 is 4.39 Å². The summed E-state index contributed by atoms with van der Waals surface area (Å²) in [7, 11) is -1.09. The maximum absolute atomic E-state index is 15.0. The standard InChI is InChI=1S/C25H28FN4O9P/c1-25(2)24(31)30(13-38-40(32,33)34)23-18(39-25)7-6-15(28-23)11-17-16(26)12-27-21(29-17)10-14-8-19(35-3)22(37-5)20(9-14)36-4/h6-9,12H,10-11,13H2,1-5H3,(H2,32,33,34)/i1D3,2D3,6D,7D. The number of nitrogens with zero attached hydrogens (tertiary/aromatic N) is 4. The van der Waals surface area contributed by atoms with Crippen LogP contribution >= 0.6 is 7.82 Å². The van der Waals surface area contributed by atoms with E-state index in [-0.39, 0.29) is 22.8 Å². The molecule has 0 aliphatic carbocycles. The first kappa shape index (κ1) is 20.1. The molecule has 0 atom stereocenters. The van der Waals surface area contributed by atoms with E-state index in [1.54, 1.807) is 12.1 Å². The summed E-state index contributed by atoms with van der Waals surface area (Å²) in [5, 5.41) is 0. The Labute approximate surface area is 240 Å². The molecule has 2 aromatic heterocycles. The Kier molecular flexibility index (Phi) is 5.70. The molecule has 0 radical (unpaired) electrons. The van der Waals surface area contributed by atoms with Gasteiger partial charge in [0.25, 0.3) is 5.91 Å². The third kappa shape index (κ3) is 6.31. The zero-order valence-electron chi connectivity index (χ0n) is 29.2. The van der Waals surface area contributed by atoms with Gasteiger partial charge in [-0.3, -0.25) is 14.2 Å². The summed E-state index contributed by atoms with van der Waals surface area (Å²) in [5.74, 6) is -3.50. The maximum atomic E-state index is 15.0. The Morgan fingerprint density at radius 1 is 1.12 bits per heavy atom. The summed E-state index contributed by atoms with van der Waals surface area (Å²) in [6.07, 6.45) is 0.272. The molecule has 1 aliphatic rings. The lowest BCUT2D eigenvalue weighted by Gasteiger charge is -2.37. The van der Waals surface area contributed by atoms with Gasteiger partial charge in [-0.15, -0.1) is 0 Å². The predicted molar refractivity (Wildman–Crippen MR) is 138 cm³/mol. The molecule has 2 N–H and O–H groups in total. The molecule has 0 saturated carbocycles. The number of phosphoric acid groups is 1. The number of carbonyl (C=O) groups excluding carboxylic acids is 1. The molecule has 1 aromatic carbocycles. The van der Waals surface area contributed by atoms with Crippen molar-refractivity contribution in [2.45, 2.75) is 32.1 Å². The minimum atomic E-state index is -5.36. The van der Waals surface area contributed by atoms with E-state index in [0.29, 0.717) is 22.8 Å². The molecule has 0 unspecified atom stereocenters. The largest absolute Gasteiger partial charge is 0.493 e. The number of amides is 1. The average Bonchev–Trinajstić information content (AvgIpc) is 2.98. The number of rotatable bonds is 10. The fourth-order valence-electron chi connectivity index (χ4n) is 3.70. The first-order valence-electron chi connectivity index (χ1n) is 15.2. The Morgan fingerprint density at radius 2 is 1.82 bits per heavy atom. The maximum Gasteiger partial charge on any atom is 0.471 e. The number of methoxy groups -OCH3 is 3. The van der Waals surface area contributed by atoms with Crippen LogP contribution < -0.4 is 23.8 Å². The van der Waals surface area contributed by atoms with Gasteiger partial charge in [-0.2, -0.15) is 0 Å². The predicted octanol–water partition coefficient (Wildman–Crippen LogP) is 2.79. The molecule has 214 valence electrons. The van der Waals surface area contributed by atoms with Gasteiger partial charge in [-0.25, -0.2) is 23.9 Å². The Morgan fingerprint density at radius 3 is 2.42 bits per heavy atom.